The van der Waals surface area contributed by atoms with Crippen molar-refractivity contribution in [2.75, 3.05) is 5.32 Å². The summed E-state index contributed by atoms with van der Waals surface area (Å²) in [6, 6.07) is 0. The first kappa shape index (κ1) is 19.4. The van der Waals surface area contributed by atoms with Crippen LogP contribution >= 0.6 is 11.3 Å². The summed E-state index contributed by atoms with van der Waals surface area (Å²) in [6.07, 6.45) is 5.14. The highest BCUT2D eigenvalue weighted by atomic mass is 32.1. The zero-order chi connectivity index (χ0) is 18.6. The third-order valence-corrected chi connectivity index (χ3v) is 5.79. The van der Waals surface area contributed by atoms with Crippen LogP contribution in [0.3, 0.4) is 0 Å². The van der Waals surface area contributed by atoms with Gasteiger partial charge in [0.25, 0.3) is 5.91 Å². The van der Waals surface area contributed by atoms with Gasteiger partial charge in [0.2, 0.25) is 5.91 Å². The number of carboxylic acid groups (broad SMARTS) is 1. The molecule has 2 amide bonds. The average Bonchev–Trinajstić information content (AvgIpc) is 2.83. The van der Waals surface area contributed by atoms with Gasteiger partial charge >= 0.3 is 5.97 Å². The number of carbonyl (C=O) groups excluding carboxylic acids is 2. The molecule has 0 spiro atoms. The molecule has 25 heavy (non-hydrogen) atoms. The Hall–Kier alpha value is -1.89. The molecule has 0 unspecified atom stereocenters. The van der Waals surface area contributed by atoms with Crippen LogP contribution in [0, 0.1) is 11.8 Å². The van der Waals surface area contributed by atoms with Crippen LogP contribution in [0.1, 0.15) is 66.8 Å². The molecule has 1 aromatic heterocycles. The Morgan fingerprint density at radius 2 is 2.08 bits per heavy atom. The van der Waals surface area contributed by atoms with E-state index in [2.05, 4.69) is 12.2 Å². The van der Waals surface area contributed by atoms with Crippen LogP contribution in [0.5, 0.6) is 0 Å². The van der Waals surface area contributed by atoms with Gasteiger partial charge in [0.05, 0.1) is 5.56 Å². The molecule has 0 radical (unpaired) electrons. The van der Waals surface area contributed by atoms with Crippen molar-refractivity contribution in [3.8, 4) is 0 Å². The van der Waals surface area contributed by atoms with Crippen molar-refractivity contribution in [3.05, 3.63) is 16.0 Å². The van der Waals surface area contributed by atoms with Gasteiger partial charge in [0, 0.05) is 17.7 Å². The minimum absolute atomic E-state index is 0.0598. The van der Waals surface area contributed by atoms with Gasteiger partial charge in [-0.3, -0.25) is 14.4 Å². The molecule has 0 saturated heterocycles. The Balaban J connectivity index is 2.14. The monoisotopic (exact) mass is 366 g/mol. The normalized spacial score (nSPS) is 17.6. The zero-order valence-corrected chi connectivity index (χ0v) is 15.6. The topological polar surface area (TPSA) is 109 Å². The number of fused-ring (bicyclic) bond motifs is 1. The van der Waals surface area contributed by atoms with Crippen LogP contribution in [0.2, 0.25) is 0 Å². The fourth-order valence-corrected chi connectivity index (χ4v) is 4.91. The first-order valence-electron chi connectivity index (χ1n) is 8.77. The summed E-state index contributed by atoms with van der Waals surface area (Å²) in [4.78, 5) is 36.0. The van der Waals surface area contributed by atoms with Crippen molar-refractivity contribution in [1.82, 2.24) is 0 Å². The Morgan fingerprint density at radius 3 is 2.68 bits per heavy atom. The number of hydrogen-bond donors (Lipinski definition) is 3. The van der Waals surface area contributed by atoms with E-state index >= 15 is 0 Å². The summed E-state index contributed by atoms with van der Waals surface area (Å²) < 4.78 is 0. The highest BCUT2D eigenvalue weighted by Crippen LogP contribution is 2.40. The molecule has 4 N–H and O–H groups in total. The van der Waals surface area contributed by atoms with Crippen LogP contribution in [-0.4, -0.2) is 22.9 Å². The van der Waals surface area contributed by atoms with Crippen LogP contribution in [-0.2, 0) is 22.4 Å². The lowest BCUT2D eigenvalue weighted by atomic mass is 9.84. The maximum Gasteiger partial charge on any atom is 0.303 e. The molecule has 0 aliphatic heterocycles. The zero-order valence-electron chi connectivity index (χ0n) is 14.8. The molecule has 2 rings (SSSR count). The largest absolute Gasteiger partial charge is 0.481 e. The number of thiophene rings is 1. The second kappa shape index (κ2) is 8.47. The highest BCUT2D eigenvalue weighted by Gasteiger charge is 2.28. The van der Waals surface area contributed by atoms with Crippen LogP contribution < -0.4 is 11.1 Å². The van der Waals surface area contributed by atoms with Crippen molar-refractivity contribution < 1.29 is 19.5 Å². The Kier molecular flexibility index (Phi) is 6.58. The number of nitrogens with one attached hydrogen (secondary N) is 1. The lowest BCUT2D eigenvalue weighted by Crippen LogP contribution is -2.21. The summed E-state index contributed by atoms with van der Waals surface area (Å²) in [5.41, 5.74) is 6.98. The molecule has 0 fully saturated rings. The summed E-state index contributed by atoms with van der Waals surface area (Å²) in [5.74, 6) is -1.36. The molecule has 0 aromatic carbocycles. The Morgan fingerprint density at radius 1 is 1.36 bits per heavy atom. The number of hydrogen-bond acceptors (Lipinski definition) is 4. The molecule has 1 heterocycles. The minimum atomic E-state index is -0.924. The molecule has 2 atom stereocenters. The SMILES string of the molecule is CCC[C@@H]1CCc2c(sc(NC(=O)C[C@@H](C)CC(=O)O)c2C(N)=O)C1. The summed E-state index contributed by atoms with van der Waals surface area (Å²) >= 11 is 1.44. The third kappa shape index (κ3) is 5.04. The van der Waals surface area contributed by atoms with Crippen LogP contribution in [0.15, 0.2) is 0 Å². The number of anilines is 1. The van der Waals surface area contributed by atoms with Crippen molar-refractivity contribution in [2.24, 2.45) is 17.6 Å². The van der Waals surface area contributed by atoms with Crippen molar-refractivity contribution in [3.63, 3.8) is 0 Å². The van der Waals surface area contributed by atoms with E-state index in [1.54, 1.807) is 6.92 Å². The number of amides is 2. The number of carboxylic acids is 1. The molecule has 138 valence electrons. The number of nitrogens with two attached hydrogens (primary N) is 1. The van der Waals surface area contributed by atoms with Gasteiger partial charge in [0.1, 0.15) is 5.00 Å². The molecular formula is C18H26N2O4S. The molecule has 0 saturated carbocycles. The van der Waals surface area contributed by atoms with E-state index in [4.69, 9.17) is 10.8 Å². The van der Waals surface area contributed by atoms with Gasteiger partial charge in [-0.15, -0.1) is 11.3 Å². The van der Waals surface area contributed by atoms with E-state index in [-0.39, 0.29) is 24.7 Å². The molecule has 1 aliphatic carbocycles. The minimum Gasteiger partial charge on any atom is -0.481 e. The van der Waals surface area contributed by atoms with E-state index in [1.807, 2.05) is 0 Å². The first-order valence-corrected chi connectivity index (χ1v) is 9.59. The molecule has 1 aliphatic rings. The third-order valence-electron chi connectivity index (χ3n) is 4.62. The number of rotatable bonds is 8. The predicted octanol–water partition coefficient (Wildman–Crippen LogP) is 3.19. The second-order valence-corrected chi connectivity index (χ2v) is 8.03. The van der Waals surface area contributed by atoms with Gasteiger partial charge in [-0.05, 0) is 36.7 Å². The van der Waals surface area contributed by atoms with E-state index in [9.17, 15) is 14.4 Å². The summed E-state index contributed by atoms with van der Waals surface area (Å²) in [5, 5.41) is 12.1. The molecular weight excluding hydrogens is 340 g/mol. The van der Waals surface area contributed by atoms with E-state index in [0.29, 0.717) is 16.5 Å². The van der Waals surface area contributed by atoms with Gasteiger partial charge in [0.15, 0.2) is 0 Å². The molecule has 0 bridgehead atoms. The first-order chi connectivity index (χ1) is 11.8. The Bertz CT molecular complexity index is 668. The van der Waals surface area contributed by atoms with Crippen LogP contribution in [0.25, 0.3) is 0 Å². The summed E-state index contributed by atoms with van der Waals surface area (Å²) in [7, 11) is 0. The molecule has 7 heteroatoms. The van der Waals surface area contributed by atoms with E-state index < -0.39 is 11.9 Å². The van der Waals surface area contributed by atoms with Gasteiger partial charge < -0.3 is 16.2 Å². The van der Waals surface area contributed by atoms with Gasteiger partial charge in [-0.1, -0.05) is 26.7 Å². The summed E-state index contributed by atoms with van der Waals surface area (Å²) in [6.45, 7) is 3.89. The van der Waals surface area contributed by atoms with E-state index in [1.165, 1.54) is 11.3 Å². The highest BCUT2D eigenvalue weighted by molar-refractivity contribution is 7.17. The van der Waals surface area contributed by atoms with E-state index in [0.717, 1.165) is 42.5 Å². The number of primary amides is 1. The maximum absolute atomic E-state index is 12.2. The standard InChI is InChI=1S/C18H26N2O4S/c1-3-4-11-5-6-12-13(9-11)25-18(16(12)17(19)24)20-14(21)7-10(2)8-15(22)23/h10-11H,3-9H2,1-2H3,(H2,19,24)(H,20,21)(H,22,23)/t10-,11-/m1/s1. The number of carbonyl (C=O) groups is 3. The molecule has 6 nitrogen and oxygen atoms in total. The molecule has 1 aromatic rings. The smallest absolute Gasteiger partial charge is 0.303 e. The van der Waals surface area contributed by atoms with Gasteiger partial charge in [-0.2, -0.15) is 0 Å². The van der Waals surface area contributed by atoms with Crippen molar-refractivity contribution >= 4 is 34.1 Å². The van der Waals surface area contributed by atoms with Crippen molar-refractivity contribution in [1.29, 1.82) is 0 Å². The van der Waals surface area contributed by atoms with Gasteiger partial charge in [-0.25, -0.2) is 0 Å². The maximum atomic E-state index is 12.2. The lowest BCUT2D eigenvalue weighted by Gasteiger charge is -2.21. The van der Waals surface area contributed by atoms with Crippen molar-refractivity contribution in [2.45, 2.75) is 58.8 Å². The average molecular weight is 366 g/mol. The Labute approximate surface area is 151 Å². The lowest BCUT2D eigenvalue weighted by molar-refractivity contribution is -0.138. The second-order valence-electron chi connectivity index (χ2n) is 6.93. The van der Waals surface area contributed by atoms with Crippen LogP contribution in [0.4, 0.5) is 5.00 Å². The number of aliphatic carboxylic acids is 1. The quantitative estimate of drug-likeness (QED) is 0.656. The fourth-order valence-electron chi connectivity index (χ4n) is 3.52. The predicted molar refractivity (Wildman–Crippen MR) is 97.9 cm³/mol. The fraction of sp³-hybridized carbons (Fsp3) is 0.611.